The molecule has 0 aliphatic carbocycles. The maximum atomic E-state index is 4.04. The number of rotatable bonds is 2. The smallest absolute Gasteiger partial charge is 0.205 e. The fourth-order valence-electron chi connectivity index (χ4n) is 1.50. The van der Waals surface area contributed by atoms with Crippen molar-refractivity contribution in [2.45, 2.75) is 25.8 Å². The van der Waals surface area contributed by atoms with Crippen LogP contribution in [0.2, 0.25) is 0 Å². The van der Waals surface area contributed by atoms with Gasteiger partial charge in [0.1, 0.15) is 5.01 Å². The molecular weight excluding hydrogens is 184 g/mol. The van der Waals surface area contributed by atoms with Gasteiger partial charge in [-0.25, -0.2) is 0 Å². The van der Waals surface area contributed by atoms with Gasteiger partial charge in [0.25, 0.3) is 0 Å². The third-order valence-corrected chi connectivity index (χ3v) is 2.92. The van der Waals surface area contributed by atoms with Crippen molar-refractivity contribution >= 4 is 16.5 Å². The molecule has 1 aromatic rings. The topological polar surface area (TPSA) is 49.8 Å². The van der Waals surface area contributed by atoms with Gasteiger partial charge in [0.2, 0.25) is 5.13 Å². The predicted molar refractivity (Wildman–Crippen MR) is 54.2 cm³/mol. The first kappa shape index (κ1) is 8.90. The average molecular weight is 198 g/mol. The van der Waals surface area contributed by atoms with E-state index in [1.54, 1.807) is 11.3 Å². The Labute approximate surface area is 81.8 Å². The summed E-state index contributed by atoms with van der Waals surface area (Å²) < 4.78 is 0. The molecule has 1 aliphatic rings. The first-order valence-electron chi connectivity index (χ1n) is 4.62. The molecule has 0 bridgehead atoms. The maximum Gasteiger partial charge on any atom is 0.205 e. The molecule has 1 atom stereocenters. The van der Waals surface area contributed by atoms with Crippen molar-refractivity contribution in [2.75, 3.05) is 18.4 Å². The number of hydrogen-bond acceptors (Lipinski definition) is 5. The van der Waals surface area contributed by atoms with Gasteiger partial charge in [-0.05, 0) is 26.3 Å². The first-order valence-corrected chi connectivity index (χ1v) is 5.43. The molecule has 0 spiro atoms. The summed E-state index contributed by atoms with van der Waals surface area (Å²) in [6, 6.07) is 0.529. The van der Waals surface area contributed by atoms with Gasteiger partial charge >= 0.3 is 0 Å². The van der Waals surface area contributed by atoms with Gasteiger partial charge in [-0.15, -0.1) is 10.2 Å². The highest BCUT2D eigenvalue weighted by molar-refractivity contribution is 7.15. The van der Waals surface area contributed by atoms with E-state index in [9.17, 15) is 0 Å². The second-order valence-corrected chi connectivity index (χ2v) is 4.50. The Balaban J connectivity index is 1.89. The van der Waals surface area contributed by atoms with Gasteiger partial charge in [0.15, 0.2) is 0 Å². The normalized spacial score (nSPS) is 23.0. The molecule has 2 heterocycles. The number of piperidine rings is 1. The molecule has 1 fully saturated rings. The lowest BCUT2D eigenvalue weighted by molar-refractivity contribution is 0.479. The van der Waals surface area contributed by atoms with Gasteiger partial charge in [-0.3, -0.25) is 0 Å². The summed E-state index contributed by atoms with van der Waals surface area (Å²) in [6.45, 7) is 4.16. The van der Waals surface area contributed by atoms with E-state index in [1.807, 2.05) is 6.92 Å². The van der Waals surface area contributed by atoms with Crippen LogP contribution in [0.5, 0.6) is 0 Å². The minimum atomic E-state index is 0.529. The number of hydrogen-bond donors (Lipinski definition) is 2. The Morgan fingerprint density at radius 2 is 2.46 bits per heavy atom. The van der Waals surface area contributed by atoms with Crippen LogP contribution >= 0.6 is 11.3 Å². The lowest BCUT2D eigenvalue weighted by atomic mass is 10.1. The van der Waals surface area contributed by atoms with Gasteiger partial charge in [0, 0.05) is 12.6 Å². The van der Waals surface area contributed by atoms with Crippen LogP contribution in [0, 0.1) is 6.92 Å². The Morgan fingerprint density at radius 3 is 3.08 bits per heavy atom. The molecule has 2 rings (SSSR count). The summed E-state index contributed by atoms with van der Waals surface area (Å²) >= 11 is 1.62. The summed E-state index contributed by atoms with van der Waals surface area (Å²) in [4.78, 5) is 0. The van der Waals surface area contributed by atoms with Crippen LogP contribution in [0.3, 0.4) is 0 Å². The highest BCUT2D eigenvalue weighted by atomic mass is 32.1. The second-order valence-electron chi connectivity index (χ2n) is 3.31. The largest absolute Gasteiger partial charge is 0.356 e. The molecule has 1 aromatic heterocycles. The lowest BCUT2D eigenvalue weighted by Crippen LogP contribution is -2.38. The highest BCUT2D eigenvalue weighted by Gasteiger charge is 2.13. The van der Waals surface area contributed by atoms with Crippen molar-refractivity contribution in [1.82, 2.24) is 15.5 Å². The maximum absolute atomic E-state index is 4.04. The molecule has 1 unspecified atom stereocenters. The molecule has 0 amide bonds. The quantitative estimate of drug-likeness (QED) is 0.744. The van der Waals surface area contributed by atoms with Gasteiger partial charge in [0.05, 0.1) is 0 Å². The van der Waals surface area contributed by atoms with Crippen LogP contribution in [0.4, 0.5) is 5.13 Å². The fraction of sp³-hybridized carbons (Fsp3) is 0.750. The van der Waals surface area contributed by atoms with Crippen molar-refractivity contribution in [1.29, 1.82) is 0 Å². The monoisotopic (exact) mass is 198 g/mol. The summed E-state index contributed by atoms with van der Waals surface area (Å²) in [5, 5.41) is 16.7. The molecule has 13 heavy (non-hydrogen) atoms. The van der Waals surface area contributed by atoms with Crippen LogP contribution < -0.4 is 10.6 Å². The average Bonchev–Trinajstić information content (AvgIpc) is 2.53. The van der Waals surface area contributed by atoms with E-state index in [0.29, 0.717) is 6.04 Å². The van der Waals surface area contributed by atoms with Crippen LogP contribution in [-0.4, -0.2) is 29.3 Å². The Kier molecular flexibility index (Phi) is 2.75. The van der Waals surface area contributed by atoms with Crippen molar-refractivity contribution in [3.63, 3.8) is 0 Å². The van der Waals surface area contributed by atoms with Crippen LogP contribution in [-0.2, 0) is 0 Å². The molecule has 0 aromatic carbocycles. The zero-order valence-corrected chi connectivity index (χ0v) is 8.52. The minimum Gasteiger partial charge on any atom is -0.356 e. The standard InChI is InChI=1S/C8H14N4S/c1-6-11-12-8(13-6)10-7-3-2-4-9-5-7/h7,9H,2-5H2,1H3,(H,10,12). The zero-order valence-electron chi connectivity index (χ0n) is 7.71. The molecule has 72 valence electrons. The second kappa shape index (κ2) is 4.02. The van der Waals surface area contributed by atoms with E-state index < -0.39 is 0 Å². The Bertz CT molecular complexity index is 267. The molecule has 1 aliphatic heterocycles. The van der Waals surface area contributed by atoms with Gasteiger partial charge in [-0.1, -0.05) is 11.3 Å². The van der Waals surface area contributed by atoms with E-state index in [2.05, 4.69) is 20.8 Å². The third kappa shape index (κ3) is 2.38. The summed E-state index contributed by atoms with van der Waals surface area (Å²) in [6.07, 6.45) is 2.47. The number of anilines is 1. The Morgan fingerprint density at radius 1 is 1.54 bits per heavy atom. The van der Waals surface area contributed by atoms with Gasteiger partial charge in [-0.2, -0.15) is 0 Å². The zero-order chi connectivity index (χ0) is 9.10. The summed E-state index contributed by atoms with van der Waals surface area (Å²) in [7, 11) is 0. The summed E-state index contributed by atoms with van der Waals surface area (Å²) in [5.41, 5.74) is 0. The van der Waals surface area contributed by atoms with E-state index in [1.165, 1.54) is 12.8 Å². The molecule has 4 nitrogen and oxygen atoms in total. The van der Waals surface area contributed by atoms with Crippen molar-refractivity contribution in [3.05, 3.63) is 5.01 Å². The van der Waals surface area contributed by atoms with Crippen LogP contribution in [0.25, 0.3) is 0 Å². The van der Waals surface area contributed by atoms with E-state index in [-0.39, 0.29) is 0 Å². The molecule has 1 saturated heterocycles. The lowest BCUT2D eigenvalue weighted by Gasteiger charge is -2.22. The van der Waals surface area contributed by atoms with Crippen LogP contribution in [0.15, 0.2) is 0 Å². The van der Waals surface area contributed by atoms with Crippen molar-refractivity contribution in [2.24, 2.45) is 0 Å². The number of nitrogens with zero attached hydrogens (tertiary/aromatic N) is 2. The van der Waals surface area contributed by atoms with Crippen molar-refractivity contribution in [3.8, 4) is 0 Å². The number of nitrogens with one attached hydrogen (secondary N) is 2. The number of aryl methyl sites for hydroxylation is 1. The molecule has 5 heteroatoms. The number of aromatic nitrogens is 2. The molecule has 2 N–H and O–H groups in total. The SMILES string of the molecule is Cc1nnc(NC2CCCNC2)s1. The highest BCUT2D eigenvalue weighted by Crippen LogP contribution is 2.16. The van der Waals surface area contributed by atoms with E-state index in [0.717, 1.165) is 23.2 Å². The third-order valence-electron chi connectivity index (χ3n) is 2.15. The van der Waals surface area contributed by atoms with E-state index in [4.69, 9.17) is 0 Å². The van der Waals surface area contributed by atoms with E-state index >= 15 is 0 Å². The summed E-state index contributed by atoms with van der Waals surface area (Å²) in [5.74, 6) is 0. The molecule has 0 radical (unpaired) electrons. The first-order chi connectivity index (χ1) is 6.34. The Hall–Kier alpha value is -0.680. The molecule has 0 saturated carbocycles. The van der Waals surface area contributed by atoms with Gasteiger partial charge < -0.3 is 10.6 Å². The fourth-order valence-corrected chi connectivity index (χ4v) is 2.17. The minimum absolute atomic E-state index is 0.529. The molecular formula is C8H14N4S. The van der Waals surface area contributed by atoms with Crippen LogP contribution in [0.1, 0.15) is 17.8 Å². The predicted octanol–water partition coefficient (Wildman–Crippen LogP) is 1.01. The van der Waals surface area contributed by atoms with Crippen molar-refractivity contribution < 1.29 is 0 Å².